The van der Waals surface area contributed by atoms with Gasteiger partial charge in [0.05, 0.1) is 18.1 Å². The monoisotopic (exact) mass is 233 g/mol. The number of sulfonamides is 1. The van der Waals surface area contributed by atoms with E-state index in [0.29, 0.717) is 31.2 Å². The average Bonchev–Trinajstić information content (AvgIpc) is 2.72. The molecule has 0 unspecified atom stereocenters. The summed E-state index contributed by atoms with van der Waals surface area (Å²) in [4.78, 5) is 0.393. The standard InChI is InChI=1S/C8H11NO3S2/c10-14(11,8-1-6-13-7-8)9-2-4-12-5-3-9/h1,6-7H,2-5H2. The number of nitrogens with zero attached hydrogens (tertiary/aromatic N) is 1. The number of morpholine rings is 1. The molecule has 0 bridgehead atoms. The lowest BCUT2D eigenvalue weighted by atomic mass is 10.5. The van der Waals surface area contributed by atoms with Gasteiger partial charge in [0.2, 0.25) is 10.0 Å². The van der Waals surface area contributed by atoms with Gasteiger partial charge in [0.25, 0.3) is 0 Å². The van der Waals surface area contributed by atoms with Crippen LogP contribution in [0.5, 0.6) is 0 Å². The van der Waals surface area contributed by atoms with Gasteiger partial charge in [-0.2, -0.15) is 15.6 Å². The predicted octanol–water partition coefficient (Wildman–Crippen LogP) is 0.769. The molecule has 78 valence electrons. The first-order valence-corrected chi connectivity index (χ1v) is 6.69. The highest BCUT2D eigenvalue weighted by molar-refractivity contribution is 7.89. The summed E-state index contributed by atoms with van der Waals surface area (Å²) in [6, 6.07) is 1.63. The van der Waals surface area contributed by atoms with Crippen LogP contribution in [0.2, 0.25) is 0 Å². The molecule has 0 amide bonds. The Morgan fingerprint density at radius 1 is 1.36 bits per heavy atom. The maximum Gasteiger partial charge on any atom is 0.244 e. The minimum absolute atomic E-state index is 0.393. The van der Waals surface area contributed by atoms with Crippen molar-refractivity contribution in [3.63, 3.8) is 0 Å². The van der Waals surface area contributed by atoms with Crippen LogP contribution in [-0.4, -0.2) is 39.0 Å². The van der Waals surface area contributed by atoms with E-state index in [2.05, 4.69) is 0 Å². The van der Waals surface area contributed by atoms with Gasteiger partial charge in [0.1, 0.15) is 0 Å². The van der Waals surface area contributed by atoms with E-state index < -0.39 is 10.0 Å². The largest absolute Gasteiger partial charge is 0.379 e. The van der Waals surface area contributed by atoms with Gasteiger partial charge < -0.3 is 4.74 Å². The van der Waals surface area contributed by atoms with E-state index in [1.807, 2.05) is 0 Å². The second kappa shape index (κ2) is 3.98. The van der Waals surface area contributed by atoms with Gasteiger partial charge in [0, 0.05) is 18.5 Å². The fourth-order valence-corrected chi connectivity index (χ4v) is 3.76. The molecule has 0 radical (unpaired) electrons. The molecule has 1 aromatic heterocycles. The number of thiophene rings is 1. The summed E-state index contributed by atoms with van der Waals surface area (Å²) in [6.45, 7) is 1.89. The van der Waals surface area contributed by atoms with Gasteiger partial charge in [-0.1, -0.05) is 0 Å². The molecule has 2 rings (SSSR count). The van der Waals surface area contributed by atoms with Gasteiger partial charge in [-0.05, 0) is 11.4 Å². The first kappa shape index (κ1) is 10.1. The molecule has 0 aliphatic carbocycles. The summed E-state index contributed by atoms with van der Waals surface area (Å²) in [5, 5.41) is 3.43. The van der Waals surface area contributed by atoms with E-state index >= 15 is 0 Å². The lowest BCUT2D eigenvalue weighted by Crippen LogP contribution is -2.40. The van der Waals surface area contributed by atoms with E-state index in [1.165, 1.54) is 15.6 Å². The average molecular weight is 233 g/mol. The maximum atomic E-state index is 11.9. The van der Waals surface area contributed by atoms with Gasteiger partial charge in [0.15, 0.2) is 0 Å². The Labute approximate surface area is 87.2 Å². The van der Waals surface area contributed by atoms with Crippen molar-refractivity contribution in [1.82, 2.24) is 4.31 Å². The summed E-state index contributed by atoms with van der Waals surface area (Å²) in [5.41, 5.74) is 0. The van der Waals surface area contributed by atoms with Crippen LogP contribution < -0.4 is 0 Å². The molecule has 0 spiro atoms. The molecular weight excluding hydrogens is 222 g/mol. The molecule has 1 fully saturated rings. The smallest absolute Gasteiger partial charge is 0.244 e. The molecule has 0 N–H and O–H groups in total. The van der Waals surface area contributed by atoms with Gasteiger partial charge in [-0.25, -0.2) is 8.42 Å². The summed E-state index contributed by atoms with van der Waals surface area (Å²) in [5.74, 6) is 0. The van der Waals surface area contributed by atoms with E-state index in [1.54, 1.807) is 16.8 Å². The number of hydrogen-bond donors (Lipinski definition) is 0. The molecule has 0 atom stereocenters. The van der Waals surface area contributed by atoms with Gasteiger partial charge in [-0.3, -0.25) is 0 Å². The Kier molecular flexibility index (Phi) is 2.87. The third-order valence-electron chi connectivity index (χ3n) is 2.10. The SMILES string of the molecule is O=S(=O)(c1ccsc1)N1CCOCC1. The number of ether oxygens (including phenoxy) is 1. The van der Waals surface area contributed by atoms with E-state index in [-0.39, 0.29) is 0 Å². The van der Waals surface area contributed by atoms with Crippen molar-refractivity contribution >= 4 is 21.4 Å². The van der Waals surface area contributed by atoms with E-state index in [0.717, 1.165) is 0 Å². The quantitative estimate of drug-likeness (QED) is 0.758. The Morgan fingerprint density at radius 3 is 2.64 bits per heavy atom. The zero-order valence-electron chi connectivity index (χ0n) is 7.55. The Morgan fingerprint density at radius 2 is 2.07 bits per heavy atom. The highest BCUT2D eigenvalue weighted by Crippen LogP contribution is 2.19. The van der Waals surface area contributed by atoms with Crippen LogP contribution in [0.4, 0.5) is 0 Å². The van der Waals surface area contributed by atoms with Crippen LogP contribution in [0.3, 0.4) is 0 Å². The maximum absolute atomic E-state index is 11.9. The first-order chi connectivity index (χ1) is 6.71. The van der Waals surface area contributed by atoms with Crippen LogP contribution in [0, 0.1) is 0 Å². The molecule has 1 saturated heterocycles. The topological polar surface area (TPSA) is 46.6 Å². The third-order valence-corrected chi connectivity index (χ3v) is 4.83. The van der Waals surface area contributed by atoms with Crippen molar-refractivity contribution in [3.8, 4) is 0 Å². The highest BCUT2D eigenvalue weighted by atomic mass is 32.2. The Hall–Kier alpha value is -0.430. The summed E-state index contributed by atoms with van der Waals surface area (Å²) in [7, 11) is -3.25. The molecule has 6 heteroatoms. The van der Waals surface area contributed by atoms with Crippen molar-refractivity contribution in [2.24, 2.45) is 0 Å². The van der Waals surface area contributed by atoms with Crippen molar-refractivity contribution in [2.75, 3.05) is 26.3 Å². The predicted molar refractivity (Wildman–Crippen MR) is 53.9 cm³/mol. The van der Waals surface area contributed by atoms with Gasteiger partial charge in [-0.15, -0.1) is 0 Å². The fraction of sp³-hybridized carbons (Fsp3) is 0.500. The summed E-state index contributed by atoms with van der Waals surface area (Å²) in [6.07, 6.45) is 0. The lowest BCUT2D eigenvalue weighted by Gasteiger charge is -2.25. The molecule has 2 heterocycles. The molecule has 0 aromatic carbocycles. The number of rotatable bonds is 2. The second-order valence-corrected chi connectivity index (χ2v) is 5.69. The molecule has 1 aliphatic heterocycles. The van der Waals surface area contributed by atoms with Crippen LogP contribution in [0.1, 0.15) is 0 Å². The highest BCUT2D eigenvalue weighted by Gasteiger charge is 2.26. The third kappa shape index (κ3) is 1.83. The van der Waals surface area contributed by atoms with Crippen molar-refractivity contribution in [3.05, 3.63) is 16.8 Å². The van der Waals surface area contributed by atoms with Gasteiger partial charge >= 0.3 is 0 Å². The molecule has 1 aromatic rings. The second-order valence-electron chi connectivity index (χ2n) is 2.98. The van der Waals surface area contributed by atoms with Crippen LogP contribution in [0.25, 0.3) is 0 Å². The lowest BCUT2D eigenvalue weighted by molar-refractivity contribution is 0.0730. The minimum Gasteiger partial charge on any atom is -0.379 e. The molecule has 0 saturated carbocycles. The number of hydrogen-bond acceptors (Lipinski definition) is 4. The molecular formula is C8H11NO3S2. The summed E-state index contributed by atoms with van der Waals surface area (Å²) >= 11 is 1.39. The van der Waals surface area contributed by atoms with Crippen molar-refractivity contribution in [1.29, 1.82) is 0 Å². The van der Waals surface area contributed by atoms with Crippen LogP contribution >= 0.6 is 11.3 Å². The fourth-order valence-electron chi connectivity index (χ4n) is 1.33. The first-order valence-electron chi connectivity index (χ1n) is 4.31. The molecule has 14 heavy (non-hydrogen) atoms. The van der Waals surface area contributed by atoms with Crippen molar-refractivity contribution < 1.29 is 13.2 Å². The molecule has 4 nitrogen and oxygen atoms in total. The van der Waals surface area contributed by atoms with Crippen LogP contribution in [-0.2, 0) is 14.8 Å². The van der Waals surface area contributed by atoms with Crippen molar-refractivity contribution in [2.45, 2.75) is 4.90 Å². The Bertz CT molecular complexity index is 379. The van der Waals surface area contributed by atoms with E-state index in [9.17, 15) is 8.42 Å². The minimum atomic E-state index is -3.25. The summed E-state index contributed by atoms with van der Waals surface area (Å²) < 4.78 is 30.4. The zero-order chi connectivity index (χ0) is 10.0. The normalized spacial score (nSPS) is 19.7. The molecule has 1 aliphatic rings. The zero-order valence-corrected chi connectivity index (χ0v) is 9.18. The Balaban J connectivity index is 2.23. The van der Waals surface area contributed by atoms with Crippen LogP contribution in [0.15, 0.2) is 21.7 Å². The van der Waals surface area contributed by atoms with E-state index in [4.69, 9.17) is 4.74 Å².